The summed E-state index contributed by atoms with van der Waals surface area (Å²) in [6, 6.07) is 13.8. The lowest BCUT2D eigenvalue weighted by molar-refractivity contribution is 0.0846. The number of hydrogen-bond acceptors (Lipinski definition) is 3. The first-order valence-corrected chi connectivity index (χ1v) is 7.50. The summed E-state index contributed by atoms with van der Waals surface area (Å²) in [5.41, 5.74) is 6.78. The lowest BCUT2D eigenvalue weighted by Crippen LogP contribution is -2.41. The van der Waals surface area contributed by atoms with Crippen LogP contribution < -0.4 is 15.6 Å². The van der Waals surface area contributed by atoms with Crippen molar-refractivity contribution < 1.29 is 14.3 Å². The molecule has 0 fully saturated rings. The van der Waals surface area contributed by atoms with Crippen molar-refractivity contribution in [3.8, 4) is 5.75 Å². The zero-order valence-corrected chi connectivity index (χ0v) is 13.3. The Labute approximate surface area is 135 Å². The van der Waals surface area contributed by atoms with Crippen molar-refractivity contribution in [3.05, 3.63) is 65.2 Å². The van der Waals surface area contributed by atoms with Gasteiger partial charge in [-0.15, -0.1) is 0 Å². The number of ether oxygens (including phenoxy) is 1. The molecule has 120 valence electrons. The van der Waals surface area contributed by atoms with E-state index >= 15 is 0 Å². The van der Waals surface area contributed by atoms with Gasteiger partial charge in [0.2, 0.25) is 0 Å². The highest BCUT2D eigenvalue weighted by Gasteiger charge is 2.09. The largest absolute Gasteiger partial charge is 0.494 e. The number of hydrazine groups is 1. The molecule has 2 amide bonds. The summed E-state index contributed by atoms with van der Waals surface area (Å²) < 4.78 is 5.45. The molecule has 0 spiro atoms. The molecule has 23 heavy (non-hydrogen) atoms. The van der Waals surface area contributed by atoms with Crippen LogP contribution in [0.1, 0.15) is 39.6 Å². The molecule has 5 heteroatoms. The standard InChI is InChI=1S/C18H20N2O3/c1-3-12-23-16-10-8-15(9-11-16)18(22)20-19-17(21)14-6-4-13(2)5-7-14/h4-11H,3,12H2,1-2H3,(H,19,21)(H,20,22). The number of benzene rings is 2. The maximum atomic E-state index is 12.0. The summed E-state index contributed by atoms with van der Waals surface area (Å²) in [4.78, 5) is 23.9. The Morgan fingerprint density at radius 3 is 1.83 bits per heavy atom. The summed E-state index contributed by atoms with van der Waals surface area (Å²) in [7, 11) is 0. The van der Waals surface area contributed by atoms with Crippen molar-refractivity contribution in [2.24, 2.45) is 0 Å². The zero-order chi connectivity index (χ0) is 16.7. The maximum Gasteiger partial charge on any atom is 0.269 e. The van der Waals surface area contributed by atoms with Gasteiger partial charge in [-0.2, -0.15) is 0 Å². The first kappa shape index (κ1) is 16.5. The van der Waals surface area contributed by atoms with Gasteiger partial charge in [-0.25, -0.2) is 0 Å². The maximum absolute atomic E-state index is 12.0. The minimum atomic E-state index is -0.382. The van der Waals surface area contributed by atoms with Crippen molar-refractivity contribution in [3.63, 3.8) is 0 Å². The second-order valence-electron chi connectivity index (χ2n) is 5.15. The summed E-state index contributed by atoms with van der Waals surface area (Å²) in [5, 5.41) is 0. The molecular weight excluding hydrogens is 292 g/mol. The van der Waals surface area contributed by atoms with Crippen molar-refractivity contribution >= 4 is 11.8 Å². The Bertz CT molecular complexity index is 664. The molecule has 5 nitrogen and oxygen atoms in total. The van der Waals surface area contributed by atoms with E-state index in [2.05, 4.69) is 10.9 Å². The smallest absolute Gasteiger partial charge is 0.269 e. The molecule has 0 saturated heterocycles. The fourth-order valence-electron chi connectivity index (χ4n) is 1.89. The van der Waals surface area contributed by atoms with Crippen LogP contribution in [0.15, 0.2) is 48.5 Å². The molecule has 0 bridgehead atoms. The molecule has 0 atom stereocenters. The quantitative estimate of drug-likeness (QED) is 0.834. The molecule has 2 N–H and O–H groups in total. The Morgan fingerprint density at radius 2 is 1.35 bits per heavy atom. The van der Waals surface area contributed by atoms with Gasteiger partial charge in [-0.05, 0) is 49.7 Å². The molecule has 0 aliphatic rings. The highest BCUT2D eigenvalue weighted by molar-refractivity contribution is 5.99. The summed E-state index contributed by atoms with van der Waals surface area (Å²) in [5.74, 6) is -0.0270. The minimum absolute atomic E-state index is 0.360. The third-order valence-electron chi connectivity index (χ3n) is 3.19. The predicted molar refractivity (Wildman–Crippen MR) is 88.3 cm³/mol. The highest BCUT2D eigenvalue weighted by atomic mass is 16.5. The van der Waals surface area contributed by atoms with Gasteiger partial charge in [-0.3, -0.25) is 20.4 Å². The van der Waals surface area contributed by atoms with E-state index < -0.39 is 0 Å². The van der Waals surface area contributed by atoms with Crippen LogP contribution in [0.2, 0.25) is 0 Å². The van der Waals surface area contributed by atoms with Crippen LogP contribution in [0, 0.1) is 6.92 Å². The molecule has 0 saturated carbocycles. The molecule has 2 rings (SSSR count). The van der Waals surface area contributed by atoms with Gasteiger partial charge < -0.3 is 4.74 Å². The summed E-state index contributed by atoms with van der Waals surface area (Å²) >= 11 is 0. The lowest BCUT2D eigenvalue weighted by atomic mass is 10.1. The Kier molecular flexibility index (Phi) is 5.74. The number of amides is 2. The molecule has 2 aromatic carbocycles. The molecule has 0 unspecified atom stereocenters. The SMILES string of the molecule is CCCOc1ccc(C(=O)NNC(=O)c2ccc(C)cc2)cc1. The Hall–Kier alpha value is -2.82. The van der Waals surface area contributed by atoms with E-state index in [1.54, 1.807) is 36.4 Å². The lowest BCUT2D eigenvalue weighted by Gasteiger charge is -2.09. The average Bonchev–Trinajstić information content (AvgIpc) is 2.58. The fraction of sp³-hybridized carbons (Fsp3) is 0.222. The van der Waals surface area contributed by atoms with Crippen LogP contribution in [-0.4, -0.2) is 18.4 Å². The van der Waals surface area contributed by atoms with Crippen LogP contribution in [0.25, 0.3) is 0 Å². The number of rotatable bonds is 5. The van der Waals surface area contributed by atoms with Crippen LogP contribution in [-0.2, 0) is 0 Å². The Balaban J connectivity index is 1.89. The number of aryl methyl sites for hydroxylation is 1. The number of carbonyl (C=O) groups is 2. The second-order valence-corrected chi connectivity index (χ2v) is 5.15. The van der Waals surface area contributed by atoms with Crippen LogP contribution in [0.3, 0.4) is 0 Å². The Morgan fingerprint density at radius 1 is 0.870 bits per heavy atom. The third kappa shape index (κ3) is 4.85. The molecule has 0 heterocycles. The third-order valence-corrected chi connectivity index (χ3v) is 3.19. The van der Waals surface area contributed by atoms with Crippen LogP contribution in [0.4, 0.5) is 0 Å². The van der Waals surface area contributed by atoms with Crippen molar-refractivity contribution in [1.82, 2.24) is 10.9 Å². The van der Waals surface area contributed by atoms with Gasteiger partial charge in [0.15, 0.2) is 0 Å². The van der Waals surface area contributed by atoms with E-state index in [9.17, 15) is 9.59 Å². The van der Waals surface area contributed by atoms with Crippen LogP contribution in [0.5, 0.6) is 5.75 Å². The van der Waals surface area contributed by atoms with E-state index in [0.29, 0.717) is 23.5 Å². The second kappa shape index (κ2) is 7.98. The molecule has 0 aromatic heterocycles. The van der Waals surface area contributed by atoms with Gasteiger partial charge in [0.05, 0.1) is 6.61 Å². The molecule has 0 radical (unpaired) electrons. The van der Waals surface area contributed by atoms with E-state index in [0.717, 1.165) is 12.0 Å². The van der Waals surface area contributed by atoms with E-state index in [-0.39, 0.29) is 11.8 Å². The summed E-state index contributed by atoms with van der Waals surface area (Å²) in [6.45, 7) is 4.61. The molecular formula is C18H20N2O3. The topological polar surface area (TPSA) is 67.4 Å². The minimum Gasteiger partial charge on any atom is -0.494 e. The van der Waals surface area contributed by atoms with Gasteiger partial charge in [0.25, 0.3) is 11.8 Å². The highest BCUT2D eigenvalue weighted by Crippen LogP contribution is 2.12. The first-order chi connectivity index (χ1) is 11.1. The van der Waals surface area contributed by atoms with Gasteiger partial charge in [0, 0.05) is 11.1 Å². The van der Waals surface area contributed by atoms with Crippen LogP contribution >= 0.6 is 0 Å². The molecule has 2 aromatic rings. The van der Waals surface area contributed by atoms with Gasteiger partial charge in [-0.1, -0.05) is 24.6 Å². The van der Waals surface area contributed by atoms with Crippen molar-refractivity contribution in [2.45, 2.75) is 20.3 Å². The monoisotopic (exact) mass is 312 g/mol. The first-order valence-electron chi connectivity index (χ1n) is 7.50. The number of nitrogens with one attached hydrogen (secondary N) is 2. The average molecular weight is 312 g/mol. The number of hydrogen-bond donors (Lipinski definition) is 2. The normalized spacial score (nSPS) is 10.0. The van der Waals surface area contributed by atoms with Gasteiger partial charge in [0.1, 0.15) is 5.75 Å². The molecule has 0 aliphatic heterocycles. The molecule has 0 aliphatic carbocycles. The zero-order valence-electron chi connectivity index (χ0n) is 13.3. The van der Waals surface area contributed by atoms with E-state index in [1.807, 2.05) is 26.0 Å². The van der Waals surface area contributed by atoms with Crippen molar-refractivity contribution in [2.75, 3.05) is 6.61 Å². The van der Waals surface area contributed by atoms with Crippen molar-refractivity contribution in [1.29, 1.82) is 0 Å². The summed E-state index contributed by atoms with van der Waals surface area (Å²) in [6.07, 6.45) is 0.924. The van der Waals surface area contributed by atoms with E-state index in [1.165, 1.54) is 0 Å². The number of carbonyl (C=O) groups excluding carboxylic acids is 2. The van der Waals surface area contributed by atoms with E-state index in [4.69, 9.17) is 4.74 Å². The fourth-order valence-corrected chi connectivity index (χ4v) is 1.89. The predicted octanol–water partition coefficient (Wildman–Crippen LogP) is 2.86. The van der Waals surface area contributed by atoms with Gasteiger partial charge >= 0.3 is 0 Å².